The summed E-state index contributed by atoms with van der Waals surface area (Å²) in [7, 11) is -3.49. The Morgan fingerprint density at radius 1 is 1.04 bits per heavy atom. The van der Waals surface area contributed by atoms with Crippen molar-refractivity contribution in [2.45, 2.75) is 57.9 Å². The molecule has 0 radical (unpaired) electrons. The average molecular weight is 399 g/mol. The van der Waals surface area contributed by atoms with Crippen molar-refractivity contribution in [1.29, 1.82) is 0 Å². The number of hydrogen-bond donors (Lipinski definition) is 1. The lowest BCUT2D eigenvalue weighted by molar-refractivity contribution is -0.139. The molecule has 27 heavy (non-hydrogen) atoms. The molecule has 1 aromatic carbocycles. The summed E-state index contributed by atoms with van der Waals surface area (Å²) in [5.41, 5.74) is 0.865. The van der Waals surface area contributed by atoms with Crippen LogP contribution in [-0.2, 0) is 26.0 Å². The molecule has 0 bridgehead atoms. The van der Waals surface area contributed by atoms with Gasteiger partial charge in [0.05, 0.1) is 11.3 Å². The Labute approximate surface area is 162 Å². The molecular formula is C19H30N2O5S. The molecule has 7 nitrogen and oxygen atoms in total. The van der Waals surface area contributed by atoms with E-state index in [1.807, 2.05) is 13.8 Å². The topological polar surface area (TPSA) is 95.0 Å². The summed E-state index contributed by atoms with van der Waals surface area (Å²) in [5.74, 6) is -1.04. The van der Waals surface area contributed by atoms with Crippen molar-refractivity contribution in [3.8, 4) is 0 Å². The van der Waals surface area contributed by atoms with E-state index >= 15 is 0 Å². The number of carbonyl (C=O) groups excluding carboxylic acids is 1. The second kappa shape index (κ2) is 10.4. The number of sulfonamides is 1. The fourth-order valence-corrected chi connectivity index (χ4v) is 4.28. The molecule has 0 heterocycles. The predicted octanol–water partition coefficient (Wildman–Crippen LogP) is 2.36. The molecule has 0 aliphatic carbocycles. The summed E-state index contributed by atoms with van der Waals surface area (Å²) in [4.78, 5) is 24.9. The van der Waals surface area contributed by atoms with E-state index in [1.165, 1.54) is 4.31 Å². The van der Waals surface area contributed by atoms with Crippen LogP contribution >= 0.6 is 0 Å². The highest BCUT2D eigenvalue weighted by molar-refractivity contribution is 7.89. The lowest BCUT2D eigenvalue weighted by atomic mass is 10.1. The number of amides is 1. The Morgan fingerprint density at radius 2 is 1.59 bits per heavy atom. The van der Waals surface area contributed by atoms with Crippen molar-refractivity contribution in [1.82, 2.24) is 9.21 Å². The lowest BCUT2D eigenvalue weighted by Gasteiger charge is -2.26. The molecule has 1 amide bonds. The molecule has 0 fully saturated rings. The quantitative estimate of drug-likeness (QED) is 0.617. The third-order valence-corrected chi connectivity index (χ3v) is 6.47. The number of aliphatic carboxylic acids is 1. The van der Waals surface area contributed by atoms with Gasteiger partial charge in [-0.2, -0.15) is 4.31 Å². The maximum Gasteiger partial charge on any atom is 0.305 e. The monoisotopic (exact) mass is 398 g/mol. The number of carbonyl (C=O) groups is 2. The van der Waals surface area contributed by atoms with Crippen LogP contribution in [0.1, 0.15) is 46.1 Å². The van der Waals surface area contributed by atoms with Gasteiger partial charge in [-0.15, -0.1) is 0 Å². The number of carboxylic acid groups (broad SMARTS) is 1. The average Bonchev–Trinajstić information content (AvgIpc) is 2.60. The van der Waals surface area contributed by atoms with Gasteiger partial charge in [0.2, 0.25) is 15.9 Å². The van der Waals surface area contributed by atoms with Crippen molar-refractivity contribution >= 4 is 21.9 Å². The molecular weight excluding hydrogens is 368 g/mol. The van der Waals surface area contributed by atoms with Gasteiger partial charge in [-0.3, -0.25) is 9.59 Å². The summed E-state index contributed by atoms with van der Waals surface area (Å²) in [5, 5.41) is 8.81. The van der Waals surface area contributed by atoms with E-state index < -0.39 is 16.0 Å². The fourth-order valence-electron chi connectivity index (χ4n) is 2.82. The first-order chi connectivity index (χ1) is 12.6. The minimum absolute atomic E-state index is 0.0709. The Hall–Kier alpha value is -1.93. The Morgan fingerprint density at radius 3 is 2.04 bits per heavy atom. The third-order valence-electron chi connectivity index (χ3n) is 4.40. The maximum atomic E-state index is 12.5. The molecule has 1 N–H and O–H groups in total. The van der Waals surface area contributed by atoms with E-state index in [0.717, 1.165) is 5.56 Å². The van der Waals surface area contributed by atoms with Gasteiger partial charge in [-0.25, -0.2) is 8.42 Å². The molecule has 0 unspecified atom stereocenters. The first-order valence-corrected chi connectivity index (χ1v) is 10.7. The van der Waals surface area contributed by atoms with Gasteiger partial charge in [0.15, 0.2) is 0 Å². The Balaban J connectivity index is 2.75. The molecule has 0 aromatic heterocycles. The van der Waals surface area contributed by atoms with Gasteiger partial charge in [-0.1, -0.05) is 26.0 Å². The molecule has 1 aromatic rings. The summed E-state index contributed by atoms with van der Waals surface area (Å²) in [6, 6.07) is 6.51. The first kappa shape index (κ1) is 23.1. The van der Waals surface area contributed by atoms with Crippen molar-refractivity contribution in [2.75, 3.05) is 19.6 Å². The summed E-state index contributed by atoms with van der Waals surface area (Å²) in [6.07, 6.45) is 0.641. The van der Waals surface area contributed by atoms with E-state index in [2.05, 4.69) is 0 Å². The smallest absolute Gasteiger partial charge is 0.305 e. The van der Waals surface area contributed by atoms with Crippen LogP contribution in [0.4, 0.5) is 0 Å². The van der Waals surface area contributed by atoms with Crippen molar-refractivity contribution in [3.63, 3.8) is 0 Å². The number of carboxylic acids is 1. The molecule has 0 saturated heterocycles. The van der Waals surface area contributed by atoms with Crippen LogP contribution in [0.25, 0.3) is 0 Å². The zero-order valence-corrected chi connectivity index (χ0v) is 17.3. The van der Waals surface area contributed by atoms with Gasteiger partial charge in [0.25, 0.3) is 0 Å². The van der Waals surface area contributed by atoms with Crippen LogP contribution in [0.2, 0.25) is 0 Å². The van der Waals surface area contributed by atoms with Crippen LogP contribution in [0.15, 0.2) is 29.2 Å². The van der Waals surface area contributed by atoms with Crippen LogP contribution < -0.4 is 0 Å². The molecule has 0 aliphatic rings. The first-order valence-electron chi connectivity index (χ1n) is 9.23. The number of nitrogens with zero attached hydrogens (tertiary/aromatic N) is 2. The van der Waals surface area contributed by atoms with Gasteiger partial charge in [0, 0.05) is 32.1 Å². The molecule has 0 aliphatic heterocycles. The zero-order chi connectivity index (χ0) is 20.6. The molecule has 0 saturated carbocycles. The molecule has 0 atom stereocenters. The van der Waals surface area contributed by atoms with Crippen LogP contribution in [0.5, 0.6) is 0 Å². The van der Waals surface area contributed by atoms with E-state index in [0.29, 0.717) is 19.5 Å². The second-order valence-electron chi connectivity index (χ2n) is 6.56. The summed E-state index contributed by atoms with van der Waals surface area (Å²) >= 11 is 0. The maximum absolute atomic E-state index is 12.5. The molecule has 8 heteroatoms. The largest absolute Gasteiger partial charge is 0.481 e. The van der Waals surface area contributed by atoms with Gasteiger partial charge < -0.3 is 10.0 Å². The number of hydrogen-bond acceptors (Lipinski definition) is 4. The minimum atomic E-state index is -3.49. The highest BCUT2D eigenvalue weighted by atomic mass is 32.2. The highest BCUT2D eigenvalue weighted by Crippen LogP contribution is 2.17. The van der Waals surface area contributed by atoms with Crippen molar-refractivity contribution < 1.29 is 23.1 Å². The van der Waals surface area contributed by atoms with E-state index in [9.17, 15) is 18.0 Å². The molecule has 0 spiro atoms. The predicted molar refractivity (Wildman–Crippen MR) is 104 cm³/mol. The fraction of sp³-hybridized carbons (Fsp3) is 0.579. The van der Waals surface area contributed by atoms with Crippen molar-refractivity contribution in [2.24, 2.45) is 0 Å². The second-order valence-corrected chi connectivity index (χ2v) is 8.50. The zero-order valence-electron chi connectivity index (χ0n) is 16.5. The van der Waals surface area contributed by atoms with E-state index in [-0.39, 0.29) is 36.2 Å². The SMILES string of the molecule is CCN(CC)S(=O)(=O)c1ccc(CCC(=O)N(CCC(=O)O)C(C)C)cc1. The van der Waals surface area contributed by atoms with Gasteiger partial charge in [0.1, 0.15) is 0 Å². The van der Waals surface area contributed by atoms with Gasteiger partial charge in [-0.05, 0) is 38.0 Å². The lowest BCUT2D eigenvalue weighted by Crippen LogP contribution is -2.38. The highest BCUT2D eigenvalue weighted by Gasteiger charge is 2.21. The van der Waals surface area contributed by atoms with Crippen LogP contribution in [-0.4, -0.2) is 60.3 Å². The normalized spacial score (nSPS) is 11.8. The van der Waals surface area contributed by atoms with Crippen LogP contribution in [0, 0.1) is 0 Å². The molecule has 1 rings (SSSR count). The molecule has 152 valence electrons. The summed E-state index contributed by atoms with van der Waals surface area (Å²) < 4.78 is 26.4. The number of benzene rings is 1. The Bertz CT molecular complexity index is 725. The third kappa shape index (κ3) is 6.62. The summed E-state index contributed by atoms with van der Waals surface area (Å²) in [6.45, 7) is 8.32. The Kier molecular flexibility index (Phi) is 8.92. The van der Waals surface area contributed by atoms with Gasteiger partial charge >= 0.3 is 5.97 Å². The number of aryl methyl sites for hydroxylation is 1. The minimum Gasteiger partial charge on any atom is -0.481 e. The standard InChI is InChI=1S/C19H30N2O5S/c1-5-20(6-2)27(25,26)17-10-7-16(8-11-17)9-12-18(22)21(15(3)4)14-13-19(23)24/h7-8,10-11,15H,5-6,9,12-14H2,1-4H3,(H,23,24). The van der Waals surface area contributed by atoms with E-state index in [4.69, 9.17) is 5.11 Å². The van der Waals surface area contributed by atoms with E-state index in [1.54, 1.807) is 43.0 Å². The van der Waals surface area contributed by atoms with Crippen LogP contribution in [0.3, 0.4) is 0 Å². The number of rotatable bonds is 11. The van der Waals surface area contributed by atoms with Crippen molar-refractivity contribution in [3.05, 3.63) is 29.8 Å².